The molecule has 1 aromatic rings. The number of ether oxygens (including phenoxy) is 2. The Balaban J connectivity index is 2.64. The van der Waals surface area contributed by atoms with Crippen LogP contribution in [0.5, 0.6) is 5.75 Å². The molecule has 0 saturated heterocycles. The molecule has 0 saturated carbocycles. The lowest BCUT2D eigenvalue weighted by molar-refractivity contribution is 0.198. The molecule has 0 heterocycles. The second-order valence-corrected chi connectivity index (χ2v) is 4.26. The Kier molecular flexibility index (Phi) is 6.68. The van der Waals surface area contributed by atoms with E-state index >= 15 is 0 Å². The van der Waals surface area contributed by atoms with Crippen LogP contribution >= 0.6 is 0 Å². The van der Waals surface area contributed by atoms with E-state index in [1.54, 1.807) is 13.2 Å². The average molecular weight is 255 g/mol. The number of rotatable bonds is 8. The molecule has 0 fully saturated rings. The number of nitrogens with one attached hydrogen (secondary N) is 1. The van der Waals surface area contributed by atoms with Crippen molar-refractivity contribution in [3.63, 3.8) is 0 Å². The zero-order chi connectivity index (χ0) is 13.4. The lowest BCUT2D eigenvalue weighted by Gasteiger charge is -2.16. The number of halogens is 1. The third-order valence-corrected chi connectivity index (χ3v) is 2.72. The second-order valence-electron chi connectivity index (χ2n) is 4.26. The molecule has 102 valence electrons. The van der Waals surface area contributed by atoms with Gasteiger partial charge in [0.1, 0.15) is 11.6 Å². The van der Waals surface area contributed by atoms with E-state index in [1.807, 2.05) is 6.92 Å². The molecule has 0 bridgehead atoms. The van der Waals surface area contributed by atoms with Crippen molar-refractivity contribution in [1.82, 2.24) is 5.32 Å². The van der Waals surface area contributed by atoms with Gasteiger partial charge in [0.25, 0.3) is 0 Å². The van der Waals surface area contributed by atoms with E-state index in [9.17, 15) is 4.39 Å². The molecule has 0 spiro atoms. The van der Waals surface area contributed by atoms with Crippen molar-refractivity contribution >= 4 is 0 Å². The summed E-state index contributed by atoms with van der Waals surface area (Å²) in [4.78, 5) is 0. The molecule has 4 heteroatoms. The number of methoxy groups -OCH3 is 1. The Morgan fingerprint density at radius 1 is 1.39 bits per heavy atom. The summed E-state index contributed by atoms with van der Waals surface area (Å²) in [5.41, 5.74) is 0.839. The van der Waals surface area contributed by atoms with Crippen molar-refractivity contribution < 1.29 is 13.9 Å². The highest BCUT2D eigenvalue weighted by Gasteiger charge is 2.08. The van der Waals surface area contributed by atoms with Crippen LogP contribution in [0.25, 0.3) is 0 Å². The predicted molar refractivity (Wildman–Crippen MR) is 70.4 cm³/mol. The molecule has 1 unspecified atom stereocenters. The Hall–Kier alpha value is -1.13. The molecule has 0 aliphatic rings. The van der Waals surface area contributed by atoms with Crippen molar-refractivity contribution in [3.8, 4) is 5.75 Å². The summed E-state index contributed by atoms with van der Waals surface area (Å²) in [6, 6.07) is 4.63. The highest BCUT2D eigenvalue weighted by Crippen LogP contribution is 2.21. The van der Waals surface area contributed by atoms with Crippen LogP contribution in [0.1, 0.15) is 25.8 Å². The molecule has 0 aliphatic heterocycles. The van der Waals surface area contributed by atoms with Crippen LogP contribution in [-0.4, -0.2) is 26.4 Å². The van der Waals surface area contributed by atoms with Gasteiger partial charge in [-0.05, 0) is 31.5 Å². The van der Waals surface area contributed by atoms with Crippen LogP contribution in [0.3, 0.4) is 0 Å². The fourth-order valence-electron chi connectivity index (χ4n) is 1.50. The van der Waals surface area contributed by atoms with Crippen molar-refractivity contribution in [2.24, 2.45) is 0 Å². The lowest BCUT2D eigenvalue weighted by Crippen LogP contribution is -2.20. The van der Waals surface area contributed by atoms with Gasteiger partial charge in [-0.2, -0.15) is 0 Å². The van der Waals surface area contributed by atoms with Gasteiger partial charge in [0, 0.05) is 25.8 Å². The van der Waals surface area contributed by atoms with Gasteiger partial charge in [0.05, 0.1) is 12.7 Å². The summed E-state index contributed by atoms with van der Waals surface area (Å²) in [7, 11) is 1.65. The first-order valence-corrected chi connectivity index (χ1v) is 6.32. The molecule has 18 heavy (non-hydrogen) atoms. The summed E-state index contributed by atoms with van der Waals surface area (Å²) >= 11 is 0. The van der Waals surface area contributed by atoms with Crippen LogP contribution in [0, 0.1) is 5.82 Å². The summed E-state index contributed by atoms with van der Waals surface area (Å²) in [6.07, 6.45) is 1.06. The van der Waals surface area contributed by atoms with Gasteiger partial charge in [-0.3, -0.25) is 0 Å². The van der Waals surface area contributed by atoms with Crippen molar-refractivity contribution in [2.75, 3.05) is 20.3 Å². The minimum atomic E-state index is -0.241. The van der Waals surface area contributed by atoms with Crippen LogP contribution in [0.2, 0.25) is 0 Å². The predicted octanol–water partition coefficient (Wildman–Crippen LogP) is 2.74. The quantitative estimate of drug-likeness (QED) is 0.725. The van der Waals surface area contributed by atoms with Gasteiger partial charge in [0.2, 0.25) is 0 Å². The van der Waals surface area contributed by atoms with E-state index in [0.717, 1.165) is 24.3 Å². The number of benzene rings is 1. The summed E-state index contributed by atoms with van der Waals surface area (Å²) < 4.78 is 24.0. The number of hydrogen-bond acceptors (Lipinski definition) is 3. The minimum absolute atomic E-state index is 0.133. The highest BCUT2D eigenvalue weighted by atomic mass is 19.1. The lowest BCUT2D eigenvalue weighted by atomic mass is 10.2. The molecule has 1 atom stereocenters. The smallest absolute Gasteiger partial charge is 0.124 e. The maximum Gasteiger partial charge on any atom is 0.124 e. The first kappa shape index (κ1) is 14.9. The van der Waals surface area contributed by atoms with Crippen LogP contribution < -0.4 is 10.1 Å². The fourth-order valence-corrected chi connectivity index (χ4v) is 1.50. The maximum absolute atomic E-state index is 13.2. The van der Waals surface area contributed by atoms with Crippen LogP contribution in [-0.2, 0) is 11.3 Å². The summed E-state index contributed by atoms with van der Waals surface area (Å²) in [5.74, 6) is 0.505. The molecule has 0 radical (unpaired) electrons. The van der Waals surface area contributed by atoms with E-state index < -0.39 is 0 Å². The van der Waals surface area contributed by atoms with E-state index in [2.05, 4.69) is 12.2 Å². The van der Waals surface area contributed by atoms with Gasteiger partial charge in [0.15, 0.2) is 0 Å². The van der Waals surface area contributed by atoms with E-state index in [1.165, 1.54) is 12.1 Å². The molecule has 0 aliphatic carbocycles. The topological polar surface area (TPSA) is 30.5 Å². The molecule has 0 aromatic heterocycles. The Labute approximate surface area is 108 Å². The standard InChI is InChI=1S/C14H22FNO2/c1-4-11(2)18-14-6-5-13(15)9-12(14)10-16-7-8-17-3/h5-6,9,11,16H,4,7-8,10H2,1-3H3. The van der Waals surface area contributed by atoms with E-state index in [-0.39, 0.29) is 11.9 Å². The zero-order valence-electron chi connectivity index (χ0n) is 11.3. The molecule has 3 nitrogen and oxygen atoms in total. The average Bonchev–Trinajstić information content (AvgIpc) is 2.37. The van der Waals surface area contributed by atoms with Crippen molar-refractivity contribution in [1.29, 1.82) is 0 Å². The SMILES string of the molecule is CCC(C)Oc1ccc(F)cc1CNCCOC. The van der Waals surface area contributed by atoms with E-state index in [0.29, 0.717) is 13.2 Å². The van der Waals surface area contributed by atoms with Gasteiger partial charge in [-0.1, -0.05) is 6.92 Å². The molecular formula is C14H22FNO2. The molecule has 1 aromatic carbocycles. The largest absolute Gasteiger partial charge is 0.490 e. The first-order chi connectivity index (χ1) is 8.67. The van der Waals surface area contributed by atoms with Gasteiger partial charge < -0.3 is 14.8 Å². The highest BCUT2D eigenvalue weighted by molar-refractivity contribution is 5.34. The molecule has 1 rings (SSSR count). The van der Waals surface area contributed by atoms with Gasteiger partial charge in [-0.15, -0.1) is 0 Å². The second kappa shape index (κ2) is 8.06. The fraction of sp³-hybridized carbons (Fsp3) is 0.571. The molecule has 1 N–H and O–H groups in total. The number of hydrogen-bond donors (Lipinski definition) is 1. The third-order valence-electron chi connectivity index (χ3n) is 2.72. The Bertz CT molecular complexity index is 358. The van der Waals surface area contributed by atoms with Crippen LogP contribution in [0.4, 0.5) is 4.39 Å². The Morgan fingerprint density at radius 2 is 2.17 bits per heavy atom. The maximum atomic E-state index is 13.2. The normalized spacial score (nSPS) is 12.4. The minimum Gasteiger partial charge on any atom is -0.490 e. The Morgan fingerprint density at radius 3 is 2.83 bits per heavy atom. The van der Waals surface area contributed by atoms with Crippen molar-refractivity contribution in [2.45, 2.75) is 32.9 Å². The third kappa shape index (κ3) is 5.02. The van der Waals surface area contributed by atoms with Gasteiger partial charge >= 0.3 is 0 Å². The molecular weight excluding hydrogens is 233 g/mol. The summed E-state index contributed by atoms with van der Waals surface area (Å²) in [5, 5.41) is 3.19. The monoisotopic (exact) mass is 255 g/mol. The van der Waals surface area contributed by atoms with Crippen LogP contribution in [0.15, 0.2) is 18.2 Å². The first-order valence-electron chi connectivity index (χ1n) is 6.32. The van der Waals surface area contributed by atoms with Crippen molar-refractivity contribution in [3.05, 3.63) is 29.6 Å². The van der Waals surface area contributed by atoms with Gasteiger partial charge in [-0.25, -0.2) is 4.39 Å². The summed E-state index contributed by atoms with van der Waals surface area (Å²) in [6.45, 7) is 6.01. The zero-order valence-corrected chi connectivity index (χ0v) is 11.3. The van der Waals surface area contributed by atoms with E-state index in [4.69, 9.17) is 9.47 Å². The molecule has 0 amide bonds.